The normalized spacial score (nSPS) is 10.4. The lowest BCUT2D eigenvalue weighted by molar-refractivity contribution is 0.101. The van der Waals surface area contributed by atoms with Gasteiger partial charge < -0.3 is 0 Å². The summed E-state index contributed by atoms with van der Waals surface area (Å²) in [5, 5.41) is 0.517. The van der Waals surface area contributed by atoms with Crippen molar-refractivity contribution in [1.29, 1.82) is 0 Å². The minimum atomic E-state index is -0.293. The van der Waals surface area contributed by atoms with Crippen molar-refractivity contribution in [1.82, 2.24) is 0 Å². The Labute approximate surface area is 114 Å². The number of carbonyl (C=O) groups is 1. The SMILES string of the molecule is CC(=O)c1cc(Cl)ccc1Sc1cccc(F)c1. The second-order valence-corrected chi connectivity index (χ2v) is 5.31. The first-order chi connectivity index (χ1) is 8.56. The molecule has 0 spiro atoms. The van der Waals surface area contributed by atoms with Crippen LogP contribution in [0.15, 0.2) is 52.3 Å². The van der Waals surface area contributed by atoms with Crippen molar-refractivity contribution < 1.29 is 9.18 Å². The van der Waals surface area contributed by atoms with Crippen molar-refractivity contribution in [3.63, 3.8) is 0 Å². The zero-order valence-corrected chi connectivity index (χ0v) is 11.2. The van der Waals surface area contributed by atoms with E-state index >= 15 is 0 Å². The number of benzene rings is 2. The Morgan fingerprint density at radius 2 is 2.00 bits per heavy atom. The predicted molar refractivity (Wildman–Crippen MR) is 72.0 cm³/mol. The van der Waals surface area contributed by atoms with Crippen molar-refractivity contribution in [3.05, 3.63) is 58.9 Å². The van der Waals surface area contributed by atoms with Crippen LogP contribution < -0.4 is 0 Å². The zero-order valence-electron chi connectivity index (χ0n) is 9.61. The highest BCUT2D eigenvalue weighted by molar-refractivity contribution is 7.99. The van der Waals surface area contributed by atoms with Gasteiger partial charge in [0.25, 0.3) is 0 Å². The van der Waals surface area contributed by atoms with E-state index in [1.807, 2.05) is 0 Å². The molecule has 92 valence electrons. The minimum absolute atomic E-state index is 0.0589. The largest absolute Gasteiger partial charge is 0.294 e. The van der Waals surface area contributed by atoms with E-state index in [2.05, 4.69) is 0 Å². The van der Waals surface area contributed by atoms with Gasteiger partial charge in [-0.3, -0.25) is 4.79 Å². The molecule has 0 unspecified atom stereocenters. The first-order valence-corrected chi connectivity index (χ1v) is 6.49. The number of rotatable bonds is 3. The molecule has 2 aromatic rings. The summed E-state index contributed by atoms with van der Waals surface area (Å²) in [4.78, 5) is 13.1. The van der Waals surface area contributed by atoms with Crippen molar-refractivity contribution in [3.8, 4) is 0 Å². The summed E-state index contributed by atoms with van der Waals surface area (Å²) in [5.41, 5.74) is 0.553. The number of halogens is 2. The second-order valence-electron chi connectivity index (χ2n) is 3.76. The fourth-order valence-electron chi connectivity index (χ4n) is 1.52. The predicted octanol–water partition coefficient (Wildman–Crippen LogP) is 4.83. The number of Topliss-reactive ketones (excluding diaryl/α,β-unsaturated/α-hetero) is 1. The van der Waals surface area contributed by atoms with Crippen molar-refractivity contribution >= 4 is 29.1 Å². The Morgan fingerprint density at radius 3 is 2.67 bits per heavy atom. The average molecular weight is 281 g/mol. The van der Waals surface area contributed by atoms with Gasteiger partial charge in [-0.1, -0.05) is 29.4 Å². The minimum Gasteiger partial charge on any atom is -0.294 e. The molecule has 0 saturated heterocycles. The average Bonchev–Trinajstić information content (AvgIpc) is 2.31. The lowest BCUT2D eigenvalue weighted by atomic mass is 10.1. The quantitative estimate of drug-likeness (QED) is 0.749. The number of hydrogen-bond acceptors (Lipinski definition) is 2. The fourth-order valence-corrected chi connectivity index (χ4v) is 2.72. The molecule has 0 aliphatic carbocycles. The standard InChI is InChI=1S/C14H10ClFOS/c1-9(17)13-7-10(15)5-6-14(13)18-12-4-2-3-11(16)8-12/h2-8H,1H3. The Hall–Kier alpha value is -1.32. The summed E-state index contributed by atoms with van der Waals surface area (Å²) in [6.45, 7) is 1.49. The topological polar surface area (TPSA) is 17.1 Å². The lowest BCUT2D eigenvalue weighted by Gasteiger charge is -2.07. The molecular formula is C14H10ClFOS. The highest BCUT2D eigenvalue weighted by atomic mass is 35.5. The van der Waals surface area contributed by atoms with E-state index in [-0.39, 0.29) is 11.6 Å². The molecule has 0 N–H and O–H groups in total. The maximum Gasteiger partial charge on any atom is 0.160 e. The van der Waals surface area contributed by atoms with E-state index in [4.69, 9.17) is 11.6 Å². The van der Waals surface area contributed by atoms with Crippen LogP contribution in [-0.2, 0) is 0 Å². The molecule has 1 nitrogen and oxygen atoms in total. The van der Waals surface area contributed by atoms with Crippen LogP contribution in [0.3, 0.4) is 0 Å². The second kappa shape index (κ2) is 5.55. The first-order valence-electron chi connectivity index (χ1n) is 5.30. The van der Waals surface area contributed by atoms with E-state index < -0.39 is 0 Å². The van der Waals surface area contributed by atoms with Crippen LogP contribution in [0.4, 0.5) is 4.39 Å². The molecule has 0 bridgehead atoms. The Kier molecular flexibility index (Phi) is 4.04. The van der Waals surface area contributed by atoms with Gasteiger partial charge >= 0.3 is 0 Å². The van der Waals surface area contributed by atoms with Crippen LogP contribution in [0.5, 0.6) is 0 Å². The molecule has 2 aromatic carbocycles. The van der Waals surface area contributed by atoms with Crippen molar-refractivity contribution in [2.45, 2.75) is 16.7 Å². The molecule has 0 heterocycles. The van der Waals surface area contributed by atoms with Gasteiger partial charge in [0.05, 0.1) is 0 Å². The number of carbonyl (C=O) groups excluding carboxylic acids is 1. The van der Waals surface area contributed by atoms with Crippen LogP contribution in [0.25, 0.3) is 0 Å². The summed E-state index contributed by atoms with van der Waals surface area (Å²) in [7, 11) is 0. The van der Waals surface area contributed by atoms with Gasteiger partial charge in [0.2, 0.25) is 0 Å². The molecule has 0 atom stereocenters. The van der Waals surface area contributed by atoms with Gasteiger partial charge in [-0.15, -0.1) is 0 Å². The molecule has 0 aliphatic heterocycles. The molecule has 0 saturated carbocycles. The summed E-state index contributed by atoms with van der Waals surface area (Å²) in [5.74, 6) is -0.352. The summed E-state index contributed by atoms with van der Waals surface area (Å²) >= 11 is 7.21. The van der Waals surface area contributed by atoms with Crippen LogP contribution in [-0.4, -0.2) is 5.78 Å². The molecule has 0 amide bonds. The molecule has 0 fully saturated rings. The molecule has 18 heavy (non-hydrogen) atoms. The zero-order chi connectivity index (χ0) is 13.1. The van der Waals surface area contributed by atoms with E-state index in [1.54, 1.807) is 30.3 Å². The summed E-state index contributed by atoms with van der Waals surface area (Å²) in [6.07, 6.45) is 0. The van der Waals surface area contributed by atoms with E-state index in [0.29, 0.717) is 10.6 Å². The summed E-state index contributed by atoms with van der Waals surface area (Å²) < 4.78 is 13.1. The van der Waals surface area contributed by atoms with Crippen LogP contribution >= 0.6 is 23.4 Å². The van der Waals surface area contributed by atoms with E-state index in [0.717, 1.165) is 9.79 Å². The maximum atomic E-state index is 13.1. The Balaban J connectivity index is 2.37. The third-order valence-electron chi connectivity index (χ3n) is 2.34. The van der Waals surface area contributed by atoms with Crippen LogP contribution in [0, 0.1) is 5.82 Å². The summed E-state index contributed by atoms with van der Waals surface area (Å²) in [6, 6.07) is 11.4. The molecular weight excluding hydrogens is 271 g/mol. The highest BCUT2D eigenvalue weighted by Crippen LogP contribution is 2.32. The number of hydrogen-bond donors (Lipinski definition) is 0. The van der Waals surface area contributed by atoms with Gasteiger partial charge in [0.1, 0.15) is 5.82 Å². The molecule has 0 aromatic heterocycles. The van der Waals surface area contributed by atoms with Crippen molar-refractivity contribution in [2.75, 3.05) is 0 Å². The third-order valence-corrected chi connectivity index (χ3v) is 3.65. The highest BCUT2D eigenvalue weighted by Gasteiger charge is 2.09. The fraction of sp³-hybridized carbons (Fsp3) is 0.0714. The molecule has 4 heteroatoms. The number of ketones is 1. The molecule has 0 aliphatic rings. The third kappa shape index (κ3) is 3.12. The van der Waals surface area contributed by atoms with Gasteiger partial charge in [0.15, 0.2) is 5.78 Å². The Bertz CT molecular complexity index is 598. The maximum absolute atomic E-state index is 13.1. The van der Waals surface area contributed by atoms with Gasteiger partial charge in [0, 0.05) is 20.4 Å². The van der Waals surface area contributed by atoms with E-state index in [9.17, 15) is 9.18 Å². The van der Waals surface area contributed by atoms with E-state index in [1.165, 1.54) is 30.8 Å². The Morgan fingerprint density at radius 1 is 1.22 bits per heavy atom. The van der Waals surface area contributed by atoms with Crippen molar-refractivity contribution in [2.24, 2.45) is 0 Å². The molecule has 2 rings (SSSR count). The smallest absolute Gasteiger partial charge is 0.160 e. The van der Waals surface area contributed by atoms with Crippen LogP contribution in [0.2, 0.25) is 5.02 Å². The molecule has 0 radical (unpaired) electrons. The van der Waals surface area contributed by atoms with Gasteiger partial charge in [-0.2, -0.15) is 0 Å². The monoisotopic (exact) mass is 280 g/mol. The van der Waals surface area contributed by atoms with Gasteiger partial charge in [-0.25, -0.2) is 4.39 Å². The van der Waals surface area contributed by atoms with Gasteiger partial charge in [-0.05, 0) is 43.3 Å². The first kappa shape index (κ1) is 13.1. The van der Waals surface area contributed by atoms with Crippen LogP contribution in [0.1, 0.15) is 17.3 Å². The lowest BCUT2D eigenvalue weighted by Crippen LogP contribution is -1.94.